The Morgan fingerprint density at radius 2 is 2.09 bits per heavy atom. The third-order valence-corrected chi connectivity index (χ3v) is 3.64. The summed E-state index contributed by atoms with van der Waals surface area (Å²) in [6.07, 6.45) is 1.92. The van der Waals surface area contributed by atoms with Gasteiger partial charge in [-0.2, -0.15) is 0 Å². The van der Waals surface area contributed by atoms with Gasteiger partial charge in [-0.1, -0.05) is 22.4 Å². The van der Waals surface area contributed by atoms with E-state index >= 15 is 0 Å². The number of aryl methyl sites for hydroxylation is 3. The summed E-state index contributed by atoms with van der Waals surface area (Å²) in [5.74, 6) is -0.155. The van der Waals surface area contributed by atoms with Crippen molar-refractivity contribution in [3.8, 4) is 0 Å². The summed E-state index contributed by atoms with van der Waals surface area (Å²) in [5, 5.41) is 7.46. The lowest BCUT2D eigenvalue weighted by molar-refractivity contribution is -0.130. The molecule has 6 heteroatoms. The lowest BCUT2D eigenvalue weighted by atomic mass is 10.1. The number of carbonyl (C=O) groups excluding carboxylic acids is 1. The van der Waals surface area contributed by atoms with Gasteiger partial charge in [0.1, 0.15) is 17.2 Å². The number of aromatic nitrogens is 2. The molecular formula is C16H20FN3O2. The van der Waals surface area contributed by atoms with Gasteiger partial charge in [0.2, 0.25) is 5.91 Å². The van der Waals surface area contributed by atoms with E-state index in [9.17, 15) is 9.18 Å². The molecular weight excluding hydrogens is 285 g/mol. The number of halogens is 1. The maximum absolute atomic E-state index is 13.2. The van der Waals surface area contributed by atoms with Gasteiger partial charge in [-0.15, -0.1) is 0 Å². The van der Waals surface area contributed by atoms with Gasteiger partial charge < -0.3 is 4.90 Å². The molecule has 2 rings (SSSR count). The second-order valence-corrected chi connectivity index (χ2v) is 5.48. The molecule has 0 atom stereocenters. The molecule has 22 heavy (non-hydrogen) atoms. The maximum Gasteiger partial charge on any atom is 0.222 e. The van der Waals surface area contributed by atoms with E-state index in [0.717, 1.165) is 18.4 Å². The topological polar surface area (TPSA) is 59.2 Å². The average molecular weight is 305 g/mol. The van der Waals surface area contributed by atoms with Crippen LogP contribution in [-0.2, 0) is 17.8 Å². The van der Waals surface area contributed by atoms with Gasteiger partial charge >= 0.3 is 0 Å². The molecule has 0 aliphatic carbocycles. The van der Waals surface area contributed by atoms with Crippen molar-refractivity contribution >= 4 is 5.91 Å². The van der Waals surface area contributed by atoms with Crippen LogP contribution in [0.5, 0.6) is 0 Å². The highest BCUT2D eigenvalue weighted by atomic mass is 19.1. The Hall–Kier alpha value is -2.24. The predicted molar refractivity (Wildman–Crippen MR) is 79.6 cm³/mol. The second kappa shape index (κ2) is 7.15. The first-order valence-electron chi connectivity index (χ1n) is 7.24. The molecule has 0 aliphatic rings. The minimum absolute atomic E-state index is 0.0428. The number of hydrogen-bond donors (Lipinski definition) is 0. The highest BCUT2D eigenvalue weighted by Gasteiger charge is 2.13. The molecule has 0 N–H and O–H groups in total. The van der Waals surface area contributed by atoms with Crippen molar-refractivity contribution < 1.29 is 13.8 Å². The van der Waals surface area contributed by atoms with Gasteiger partial charge in [0.15, 0.2) is 0 Å². The van der Waals surface area contributed by atoms with Crippen LogP contribution >= 0.6 is 0 Å². The molecule has 0 unspecified atom stereocenters. The second-order valence-electron chi connectivity index (χ2n) is 5.48. The predicted octanol–water partition coefficient (Wildman–Crippen LogP) is 2.81. The molecule has 0 spiro atoms. The zero-order valence-corrected chi connectivity index (χ0v) is 13.1. The first-order valence-corrected chi connectivity index (χ1v) is 7.24. The molecule has 5 nitrogen and oxygen atoms in total. The van der Waals surface area contributed by atoms with Crippen molar-refractivity contribution in [3.63, 3.8) is 0 Å². The molecule has 0 aliphatic heterocycles. The molecule has 1 aromatic carbocycles. The monoisotopic (exact) mass is 305 g/mol. The fraction of sp³-hybridized carbons (Fsp3) is 0.438. The summed E-state index contributed by atoms with van der Waals surface area (Å²) >= 11 is 0. The molecule has 0 bridgehead atoms. The quantitative estimate of drug-likeness (QED) is 0.823. The molecule has 118 valence electrons. The summed E-state index contributed by atoms with van der Waals surface area (Å²) < 4.78 is 17.8. The van der Waals surface area contributed by atoms with Gasteiger partial charge in [-0.05, 0) is 43.9 Å². The van der Waals surface area contributed by atoms with Crippen LogP contribution in [0.2, 0.25) is 0 Å². The zero-order valence-electron chi connectivity index (χ0n) is 13.1. The van der Waals surface area contributed by atoms with E-state index in [4.69, 9.17) is 0 Å². The highest BCUT2D eigenvalue weighted by molar-refractivity contribution is 5.75. The van der Waals surface area contributed by atoms with Crippen LogP contribution in [-0.4, -0.2) is 28.2 Å². The molecule has 1 amide bonds. The van der Waals surface area contributed by atoms with Gasteiger partial charge in [0.25, 0.3) is 0 Å². The van der Waals surface area contributed by atoms with Crippen molar-refractivity contribution in [2.75, 3.05) is 7.05 Å². The van der Waals surface area contributed by atoms with Crippen LogP contribution < -0.4 is 0 Å². The van der Waals surface area contributed by atoms with Crippen LogP contribution in [0.15, 0.2) is 22.8 Å². The number of carbonyl (C=O) groups is 1. The molecule has 0 saturated carbocycles. The van der Waals surface area contributed by atoms with E-state index in [1.165, 1.54) is 6.07 Å². The fourth-order valence-corrected chi connectivity index (χ4v) is 2.20. The minimum Gasteiger partial charge on any atom is -0.340 e. The van der Waals surface area contributed by atoms with E-state index in [0.29, 0.717) is 29.9 Å². The molecule has 2 aromatic rings. The number of nitrogens with zero attached hydrogens (tertiary/aromatic N) is 3. The summed E-state index contributed by atoms with van der Waals surface area (Å²) in [7, 11) is 1.73. The minimum atomic E-state index is -0.198. The Kier molecular flexibility index (Phi) is 5.25. The Morgan fingerprint density at radius 3 is 2.73 bits per heavy atom. The van der Waals surface area contributed by atoms with E-state index in [1.54, 1.807) is 31.9 Å². The van der Waals surface area contributed by atoms with Crippen molar-refractivity contribution in [2.45, 2.75) is 39.7 Å². The smallest absolute Gasteiger partial charge is 0.222 e. The summed E-state index contributed by atoms with van der Waals surface area (Å²) in [4.78, 5) is 13.7. The summed E-state index contributed by atoms with van der Waals surface area (Å²) in [6.45, 7) is 3.93. The van der Waals surface area contributed by atoms with Crippen LogP contribution in [0, 0.1) is 19.7 Å². The Balaban J connectivity index is 1.79. The number of hydrogen-bond acceptors (Lipinski definition) is 4. The third kappa shape index (κ3) is 4.13. The first-order chi connectivity index (χ1) is 10.5. The van der Waals surface area contributed by atoms with Gasteiger partial charge in [0.05, 0.1) is 6.54 Å². The van der Waals surface area contributed by atoms with Crippen molar-refractivity contribution in [1.29, 1.82) is 0 Å². The van der Waals surface area contributed by atoms with Gasteiger partial charge in [-0.25, -0.2) is 9.02 Å². The molecule has 0 fully saturated rings. The summed E-state index contributed by atoms with van der Waals surface area (Å²) in [5.41, 5.74) is 3.05. The highest BCUT2D eigenvalue weighted by Crippen LogP contribution is 2.13. The lowest BCUT2D eigenvalue weighted by Crippen LogP contribution is -2.26. The molecule has 0 saturated heterocycles. The normalized spacial score (nSPS) is 10.7. The van der Waals surface area contributed by atoms with E-state index in [-0.39, 0.29) is 11.7 Å². The van der Waals surface area contributed by atoms with Crippen molar-refractivity contribution in [3.05, 3.63) is 46.5 Å². The average Bonchev–Trinajstić information content (AvgIpc) is 2.88. The first kappa shape index (κ1) is 16.1. The lowest BCUT2D eigenvalue weighted by Gasteiger charge is -2.15. The van der Waals surface area contributed by atoms with Crippen LogP contribution in [0.1, 0.15) is 35.4 Å². The van der Waals surface area contributed by atoms with Gasteiger partial charge in [-0.3, -0.25) is 4.79 Å². The van der Waals surface area contributed by atoms with Crippen molar-refractivity contribution in [1.82, 2.24) is 15.2 Å². The summed E-state index contributed by atoms with van der Waals surface area (Å²) in [6, 6.07) is 5.06. The van der Waals surface area contributed by atoms with Crippen molar-refractivity contribution in [2.24, 2.45) is 0 Å². The largest absolute Gasteiger partial charge is 0.340 e. The van der Waals surface area contributed by atoms with Crippen LogP contribution in [0.25, 0.3) is 0 Å². The number of rotatable bonds is 6. The van der Waals surface area contributed by atoms with E-state index < -0.39 is 0 Å². The van der Waals surface area contributed by atoms with E-state index in [1.807, 2.05) is 6.07 Å². The Bertz CT molecular complexity index is 655. The number of benzene rings is 1. The third-order valence-electron chi connectivity index (χ3n) is 3.64. The van der Waals surface area contributed by atoms with Gasteiger partial charge in [0, 0.05) is 13.5 Å². The Labute approximate surface area is 129 Å². The molecule has 0 radical (unpaired) electrons. The maximum atomic E-state index is 13.2. The number of amides is 1. The van der Waals surface area contributed by atoms with E-state index in [2.05, 4.69) is 14.9 Å². The van der Waals surface area contributed by atoms with Crippen LogP contribution in [0.3, 0.4) is 0 Å². The Morgan fingerprint density at radius 1 is 1.32 bits per heavy atom. The molecule has 1 aromatic heterocycles. The SMILES string of the molecule is Cc1cc(CCCC(=O)N(C)Cc2nonc2C)ccc1F. The van der Waals surface area contributed by atoms with Crippen LogP contribution in [0.4, 0.5) is 4.39 Å². The fourth-order valence-electron chi connectivity index (χ4n) is 2.20. The standard InChI is InChI=1S/C16H20FN3O2/c1-11-9-13(7-8-14(11)17)5-4-6-16(21)20(3)10-15-12(2)18-22-19-15/h7-9H,4-6,10H2,1-3H3. The zero-order chi connectivity index (χ0) is 16.1. The molecule has 1 heterocycles.